The maximum absolute atomic E-state index is 12.3. The molecule has 1 aromatic heterocycles. The second kappa shape index (κ2) is 7.61. The zero-order valence-corrected chi connectivity index (χ0v) is 13.2. The number of morpholine rings is 1. The molecule has 1 atom stereocenters. The number of nitrogens with one attached hydrogen (secondary N) is 2. The van der Waals surface area contributed by atoms with Crippen molar-refractivity contribution >= 4 is 11.8 Å². The number of amides is 2. The van der Waals surface area contributed by atoms with Crippen molar-refractivity contribution in [1.29, 1.82) is 0 Å². The molecule has 3 heterocycles. The Balaban J connectivity index is 1.56. The van der Waals surface area contributed by atoms with Crippen molar-refractivity contribution in [3.05, 3.63) is 23.7 Å². The minimum atomic E-state index is -0.456. The predicted octanol–water partition coefficient (Wildman–Crippen LogP) is 0.510. The molecule has 2 aliphatic heterocycles. The zero-order chi connectivity index (χ0) is 16.1. The Morgan fingerprint density at radius 2 is 2.17 bits per heavy atom. The monoisotopic (exact) mass is 321 g/mol. The first-order valence-electron chi connectivity index (χ1n) is 8.18. The van der Waals surface area contributed by atoms with Crippen molar-refractivity contribution in [2.75, 3.05) is 32.8 Å². The lowest BCUT2D eigenvalue weighted by atomic mass is 10.1. The standard InChI is InChI=1S/C16H23N3O4/c20-15(18-14-3-1-2-4-17-16(14)21)12-9-13(23-11-12)10-19-5-7-22-8-6-19/h9,11,14H,1-8,10H2,(H,17,21)(H,18,20)/t14-/m0/s1. The fourth-order valence-electron chi connectivity index (χ4n) is 2.88. The molecule has 0 aromatic carbocycles. The maximum atomic E-state index is 12.3. The molecular formula is C16H23N3O4. The summed E-state index contributed by atoms with van der Waals surface area (Å²) in [6.07, 6.45) is 4.01. The Hall–Kier alpha value is -1.86. The SMILES string of the molecule is O=C(N[C@H]1CCCCNC1=O)c1coc(CN2CCOCC2)c1. The quantitative estimate of drug-likeness (QED) is 0.844. The number of furan rings is 1. The summed E-state index contributed by atoms with van der Waals surface area (Å²) in [5.41, 5.74) is 0.463. The highest BCUT2D eigenvalue weighted by molar-refractivity contribution is 5.97. The molecule has 2 N–H and O–H groups in total. The van der Waals surface area contributed by atoms with Gasteiger partial charge in [0, 0.05) is 19.6 Å². The predicted molar refractivity (Wildman–Crippen MR) is 82.9 cm³/mol. The van der Waals surface area contributed by atoms with Crippen LogP contribution in [0.15, 0.2) is 16.7 Å². The van der Waals surface area contributed by atoms with Gasteiger partial charge >= 0.3 is 0 Å². The molecule has 7 nitrogen and oxygen atoms in total. The van der Waals surface area contributed by atoms with Crippen LogP contribution >= 0.6 is 0 Å². The summed E-state index contributed by atoms with van der Waals surface area (Å²) in [5, 5.41) is 5.61. The van der Waals surface area contributed by atoms with E-state index < -0.39 is 6.04 Å². The fourth-order valence-corrected chi connectivity index (χ4v) is 2.88. The molecule has 3 rings (SSSR count). The van der Waals surface area contributed by atoms with E-state index >= 15 is 0 Å². The Kier molecular flexibility index (Phi) is 5.30. The summed E-state index contributed by atoms with van der Waals surface area (Å²) in [6.45, 7) is 4.53. The third-order valence-corrected chi connectivity index (χ3v) is 4.24. The van der Waals surface area contributed by atoms with E-state index in [1.165, 1.54) is 6.26 Å². The summed E-state index contributed by atoms with van der Waals surface area (Å²) in [5.74, 6) is 0.388. The molecule has 0 spiro atoms. The van der Waals surface area contributed by atoms with Crippen LogP contribution in [0, 0.1) is 0 Å². The first kappa shape index (κ1) is 16.0. The number of ether oxygens (including phenoxy) is 1. The van der Waals surface area contributed by atoms with Gasteiger partial charge in [0.25, 0.3) is 5.91 Å². The van der Waals surface area contributed by atoms with Crippen molar-refractivity contribution in [3.8, 4) is 0 Å². The van der Waals surface area contributed by atoms with E-state index in [0.717, 1.165) is 44.9 Å². The van der Waals surface area contributed by atoms with Gasteiger partial charge < -0.3 is 19.8 Å². The molecular weight excluding hydrogens is 298 g/mol. The highest BCUT2D eigenvalue weighted by Crippen LogP contribution is 2.13. The molecule has 0 saturated carbocycles. The normalized spacial score (nSPS) is 23.1. The van der Waals surface area contributed by atoms with E-state index in [1.807, 2.05) is 0 Å². The molecule has 0 unspecified atom stereocenters. The minimum Gasteiger partial charge on any atom is -0.467 e. The van der Waals surface area contributed by atoms with E-state index in [0.29, 0.717) is 25.1 Å². The van der Waals surface area contributed by atoms with Gasteiger partial charge in [-0.25, -0.2) is 0 Å². The van der Waals surface area contributed by atoms with Crippen LogP contribution in [0.1, 0.15) is 35.4 Å². The zero-order valence-electron chi connectivity index (χ0n) is 13.2. The van der Waals surface area contributed by atoms with Crippen molar-refractivity contribution < 1.29 is 18.7 Å². The number of carbonyl (C=O) groups excluding carboxylic acids is 2. The summed E-state index contributed by atoms with van der Waals surface area (Å²) in [4.78, 5) is 26.4. The second-order valence-electron chi connectivity index (χ2n) is 6.00. The van der Waals surface area contributed by atoms with Gasteiger partial charge in [-0.05, 0) is 25.3 Å². The molecule has 0 bridgehead atoms. The van der Waals surface area contributed by atoms with Crippen LogP contribution in [0.25, 0.3) is 0 Å². The fraction of sp³-hybridized carbons (Fsp3) is 0.625. The van der Waals surface area contributed by atoms with Crippen LogP contribution < -0.4 is 10.6 Å². The molecule has 2 fully saturated rings. The average molecular weight is 321 g/mol. The van der Waals surface area contributed by atoms with Gasteiger partial charge in [0.15, 0.2) is 0 Å². The van der Waals surface area contributed by atoms with Gasteiger partial charge in [0.1, 0.15) is 18.1 Å². The number of hydrogen-bond donors (Lipinski definition) is 2. The molecule has 2 saturated heterocycles. The van der Waals surface area contributed by atoms with Crippen LogP contribution in [-0.4, -0.2) is 55.6 Å². The number of nitrogens with zero attached hydrogens (tertiary/aromatic N) is 1. The largest absolute Gasteiger partial charge is 0.467 e. The van der Waals surface area contributed by atoms with Crippen LogP contribution in [-0.2, 0) is 16.1 Å². The molecule has 126 valence electrons. The minimum absolute atomic E-state index is 0.104. The molecule has 1 aromatic rings. The second-order valence-corrected chi connectivity index (χ2v) is 6.00. The third-order valence-electron chi connectivity index (χ3n) is 4.24. The van der Waals surface area contributed by atoms with Crippen molar-refractivity contribution in [2.45, 2.75) is 31.8 Å². The van der Waals surface area contributed by atoms with Crippen LogP contribution in [0.5, 0.6) is 0 Å². The van der Waals surface area contributed by atoms with Gasteiger partial charge in [0.05, 0.1) is 25.3 Å². The van der Waals surface area contributed by atoms with Crippen LogP contribution in [0.3, 0.4) is 0 Å². The van der Waals surface area contributed by atoms with E-state index in [4.69, 9.17) is 9.15 Å². The van der Waals surface area contributed by atoms with E-state index in [-0.39, 0.29) is 11.8 Å². The first-order valence-corrected chi connectivity index (χ1v) is 8.18. The molecule has 2 aliphatic rings. The van der Waals surface area contributed by atoms with Crippen molar-refractivity contribution in [2.24, 2.45) is 0 Å². The van der Waals surface area contributed by atoms with E-state index in [9.17, 15) is 9.59 Å². The Morgan fingerprint density at radius 3 is 3.00 bits per heavy atom. The molecule has 2 amide bonds. The number of carbonyl (C=O) groups is 2. The van der Waals surface area contributed by atoms with Crippen LogP contribution in [0.4, 0.5) is 0 Å². The maximum Gasteiger partial charge on any atom is 0.255 e. The first-order chi connectivity index (χ1) is 11.2. The van der Waals surface area contributed by atoms with Gasteiger partial charge in [-0.3, -0.25) is 14.5 Å². The topological polar surface area (TPSA) is 83.8 Å². The van der Waals surface area contributed by atoms with Gasteiger partial charge in [-0.15, -0.1) is 0 Å². The smallest absolute Gasteiger partial charge is 0.255 e. The Bertz CT molecular complexity index is 551. The summed E-state index contributed by atoms with van der Waals surface area (Å²) in [7, 11) is 0. The van der Waals surface area contributed by atoms with Crippen molar-refractivity contribution in [3.63, 3.8) is 0 Å². The molecule has 23 heavy (non-hydrogen) atoms. The van der Waals surface area contributed by atoms with Crippen molar-refractivity contribution in [1.82, 2.24) is 15.5 Å². The number of rotatable bonds is 4. The van der Waals surface area contributed by atoms with Gasteiger partial charge in [-0.1, -0.05) is 0 Å². The number of hydrogen-bond acceptors (Lipinski definition) is 5. The Morgan fingerprint density at radius 1 is 1.35 bits per heavy atom. The summed E-state index contributed by atoms with van der Waals surface area (Å²) >= 11 is 0. The highest BCUT2D eigenvalue weighted by atomic mass is 16.5. The van der Waals surface area contributed by atoms with E-state index in [1.54, 1.807) is 6.07 Å². The van der Waals surface area contributed by atoms with Crippen LogP contribution in [0.2, 0.25) is 0 Å². The molecule has 0 radical (unpaired) electrons. The van der Waals surface area contributed by atoms with Gasteiger partial charge in [-0.2, -0.15) is 0 Å². The van der Waals surface area contributed by atoms with E-state index in [2.05, 4.69) is 15.5 Å². The molecule has 7 heteroatoms. The third kappa shape index (κ3) is 4.33. The summed E-state index contributed by atoms with van der Waals surface area (Å²) < 4.78 is 10.8. The lowest BCUT2D eigenvalue weighted by molar-refractivity contribution is -0.122. The van der Waals surface area contributed by atoms with Gasteiger partial charge in [0.2, 0.25) is 5.91 Å². The summed E-state index contributed by atoms with van der Waals surface area (Å²) in [6, 6.07) is 1.29. The highest BCUT2D eigenvalue weighted by Gasteiger charge is 2.24. The molecule has 0 aliphatic carbocycles. The Labute approximate surface area is 135 Å². The average Bonchev–Trinajstić information content (AvgIpc) is 2.93. The lowest BCUT2D eigenvalue weighted by Crippen LogP contribution is -2.45. The lowest BCUT2D eigenvalue weighted by Gasteiger charge is -2.25.